The van der Waals surface area contributed by atoms with Gasteiger partial charge in [0, 0.05) is 18.1 Å². The summed E-state index contributed by atoms with van der Waals surface area (Å²) in [5, 5.41) is 2.51. The van der Waals surface area contributed by atoms with Crippen LogP contribution in [0.15, 0.2) is 30.4 Å². The molecule has 0 heterocycles. The van der Waals surface area contributed by atoms with Crippen molar-refractivity contribution in [3.8, 4) is 0 Å². The van der Waals surface area contributed by atoms with Crippen LogP contribution in [0.3, 0.4) is 0 Å². The maximum absolute atomic E-state index is 12.5. The van der Waals surface area contributed by atoms with Gasteiger partial charge in [-0.1, -0.05) is 23.8 Å². The van der Waals surface area contributed by atoms with Crippen LogP contribution >= 0.6 is 23.2 Å². The number of halogens is 5. The summed E-state index contributed by atoms with van der Waals surface area (Å²) in [7, 11) is 0. The maximum atomic E-state index is 12.5. The fourth-order valence-corrected chi connectivity index (χ4v) is 1.53. The number of allylic oxidation sites excluding steroid dienone is 1. The van der Waals surface area contributed by atoms with Crippen LogP contribution in [-0.2, 0) is 6.18 Å². The number of benzene rings is 1. The van der Waals surface area contributed by atoms with Gasteiger partial charge >= 0.3 is 6.18 Å². The molecule has 0 spiro atoms. The van der Waals surface area contributed by atoms with Gasteiger partial charge in [0.05, 0.1) is 10.6 Å². The van der Waals surface area contributed by atoms with Gasteiger partial charge in [0.1, 0.15) is 0 Å². The van der Waals surface area contributed by atoms with E-state index in [2.05, 4.69) is 5.32 Å². The minimum atomic E-state index is -4.44. The lowest BCUT2D eigenvalue weighted by Crippen LogP contribution is -2.07. The highest BCUT2D eigenvalue weighted by molar-refractivity contribution is 6.31. The van der Waals surface area contributed by atoms with E-state index in [0.29, 0.717) is 18.1 Å². The molecule has 0 aliphatic carbocycles. The van der Waals surface area contributed by atoms with E-state index in [1.54, 1.807) is 12.2 Å². The first-order valence-electron chi connectivity index (χ1n) is 4.76. The van der Waals surface area contributed by atoms with Gasteiger partial charge in [-0.2, -0.15) is 13.2 Å². The topological polar surface area (TPSA) is 12.0 Å². The molecule has 0 amide bonds. The maximum Gasteiger partial charge on any atom is 0.417 e. The number of alkyl halides is 4. The zero-order valence-electron chi connectivity index (χ0n) is 8.69. The Balaban J connectivity index is 2.79. The molecule has 0 unspecified atom stereocenters. The summed E-state index contributed by atoms with van der Waals surface area (Å²) >= 11 is 10.9. The van der Waals surface area contributed by atoms with E-state index >= 15 is 0 Å². The Hall–Kier alpha value is -0.870. The van der Waals surface area contributed by atoms with Crippen molar-refractivity contribution in [3.05, 3.63) is 40.9 Å². The van der Waals surface area contributed by atoms with Crippen molar-refractivity contribution < 1.29 is 13.2 Å². The Morgan fingerprint density at radius 3 is 2.53 bits per heavy atom. The molecule has 0 aliphatic rings. The molecule has 0 fully saturated rings. The Kier molecular flexibility index (Phi) is 5.15. The molecule has 6 heteroatoms. The quantitative estimate of drug-likeness (QED) is 0.631. The normalized spacial score (nSPS) is 12.1. The first-order chi connectivity index (χ1) is 7.95. The van der Waals surface area contributed by atoms with Crippen LogP contribution in [0.5, 0.6) is 0 Å². The molecule has 0 bridgehead atoms. The van der Waals surface area contributed by atoms with E-state index in [1.165, 1.54) is 12.1 Å². The average Bonchev–Trinajstić information content (AvgIpc) is 2.25. The Labute approximate surface area is 107 Å². The molecule has 0 aliphatic heterocycles. The van der Waals surface area contributed by atoms with Crippen LogP contribution in [0.2, 0.25) is 5.02 Å². The summed E-state index contributed by atoms with van der Waals surface area (Å²) in [4.78, 5) is 0. The third kappa shape index (κ3) is 4.48. The zero-order chi connectivity index (χ0) is 12.9. The Morgan fingerprint density at radius 1 is 1.24 bits per heavy atom. The van der Waals surface area contributed by atoms with Gasteiger partial charge in [0.25, 0.3) is 0 Å². The molecule has 0 aromatic heterocycles. The summed E-state index contributed by atoms with van der Waals surface area (Å²) in [6.07, 6.45) is -1.01. The van der Waals surface area contributed by atoms with Crippen molar-refractivity contribution in [1.29, 1.82) is 0 Å². The summed E-state index contributed by atoms with van der Waals surface area (Å²) < 4.78 is 37.6. The largest absolute Gasteiger partial charge is 0.417 e. The molecular formula is C11H10Cl2F3N. The molecule has 0 radical (unpaired) electrons. The number of nitrogens with one attached hydrogen (secondary N) is 1. The van der Waals surface area contributed by atoms with Gasteiger partial charge in [-0.3, -0.25) is 0 Å². The third-order valence-electron chi connectivity index (χ3n) is 1.95. The van der Waals surface area contributed by atoms with Crippen molar-refractivity contribution in [2.75, 3.05) is 17.7 Å². The lowest BCUT2D eigenvalue weighted by molar-refractivity contribution is -0.137. The van der Waals surface area contributed by atoms with Crippen LogP contribution in [-0.4, -0.2) is 12.4 Å². The van der Waals surface area contributed by atoms with E-state index in [0.717, 1.165) is 6.07 Å². The summed E-state index contributed by atoms with van der Waals surface area (Å²) in [6.45, 7) is 0.408. The van der Waals surface area contributed by atoms with Crippen molar-refractivity contribution in [1.82, 2.24) is 0 Å². The molecule has 1 nitrogen and oxygen atoms in total. The van der Waals surface area contributed by atoms with Gasteiger partial charge in [-0.25, -0.2) is 0 Å². The molecule has 1 rings (SSSR count). The molecule has 1 aromatic rings. The monoisotopic (exact) mass is 283 g/mol. The van der Waals surface area contributed by atoms with Crippen molar-refractivity contribution in [2.45, 2.75) is 6.18 Å². The molecule has 0 atom stereocenters. The molecular weight excluding hydrogens is 274 g/mol. The highest BCUT2D eigenvalue weighted by Crippen LogP contribution is 2.36. The minimum absolute atomic E-state index is 0.306. The van der Waals surface area contributed by atoms with Crippen LogP contribution in [0.25, 0.3) is 0 Å². The number of anilines is 1. The standard InChI is InChI=1S/C11H10Cl2F3N/c12-5-1-2-6-17-8-3-4-10(13)9(7-8)11(14,15)16/h1-4,7,17H,5-6H2/b2-1+. The predicted molar refractivity (Wildman–Crippen MR) is 64.8 cm³/mol. The van der Waals surface area contributed by atoms with E-state index in [1.807, 2.05) is 0 Å². The average molecular weight is 284 g/mol. The van der Waals surface area contributed by atoms with E-state index in [9.17, 15) is 13.2 Å². The highest BCUT2D eigenvalue weighted by Gasteiger charge is 2.33. The summed E-state index contributed by atoms with van der Waals surface area (Å²) in [5.41, 5.74) is -0.480. The van der Waals surface area contributed by atoms with Crippen LogP contribution in [0, 0.1) is 0 Å². The predicted octanol–water partition coefficient (Wildman–Crippen LogP) is 4.57. The SMILES string of the molecule is FC(F)(F)c1cc(NC/C=C/CCl)ccc1Cl. The lowest BCUT2D eigenvalue weighted by atomic mass is 10.2. The fourth-order valence-electron chi connectivity index (χ4n) is 1.18. The number of hydrogen-bond donors (Lipinski definition) is 1. The third-order valence-corrected chi connectivity index (χ3v) is 2.46. The first kappa shape index (κ1) is 14.2. The second kappa shape index (κ2) is 6.17. The molecule has 1 aromatic carbocycles. The minimum Gasteiger partial charge on any atom is -0.382 e. The van der Waals surface area contributed by atoms with E-state index in [4.69, 9.17) is 23.2 Å². The molecule has 17 heavy (non-hydrogen) atoms. The second-order valence-corrected chi connectivity index (χ2v) is 3.91. The molecule has 0 saturated carbocycles. The van der Waals surface area contributed by atoms with Gasteiger partial charge in [0.2, 0.25) is 0 Å². The highest BCUT2D eigenvalue weighted by atomic mass is 35.5. The van der Waals surface area contributed by atoms with E-state index < -0.39 is 11.7 Å². The van der Waals surface area contributed by atoms with Gasteiger partial charge in [-0.15, -0.1) is 11.6 Å². The molecule has 94 valence electrons. The van der Waals surface area contributed by atoms with Gasteiger partial charge < -0.3 is 5.32 Å². The van der Waals surface area contributed by atoms with Crippen molar-refractivity contribution in [2.24, 2.45) is 0 Å². The van der Waals surface area contributed by atoms with Crippen molar-refractivity contribution >= 4 is 28.9 Å². The summed E-state index contributed by atoms with van der Waals surface area (Å²) in [6, 6.07) is 3.70. The number of rotatable bonds is 4. The number of hydrogen-bond acceptors (Lipinski definition) is 1. The fraction of sp³-hybridized carbons (Fsp3) is 0.273. The Bertz CT molecular complexity index is 402. The zero-order valence-corrected chi connectivity index (χ0v) is 10.2. The van der Waals surface area contributed by atoms with Gasteiger partial charge in [-0.05, 0) is 18.2 Å². The first-order valence-corrected chi connectivity index (χ1v) is 5.68. The van der Waals surface area contributed by atoms with Crippen molar-refractivity contribution in [3.63, 3.8) is 0 Å². The van der Waals surface area contributed by atoms with Crippen LogP contribution < -0.4 is 5.32 Å². The van der Waals surface area contributed by atoms with Crippen LogP contribution in [0.4, 0.5) is 18.9 Å². The van der Waals surface area contributed by atoms with Gasteiger partial charge in [0.15, 0.2) is 0 Å². The molecule has 0 saturated heterocycles. The molecule has 1 N–H and O–H groups in total. The lowest BCUT2D eigenvalue weighted by Gasteiger charge is -2.11. The summed E-state index contributed by atoms with van der Waals surface area (Å²) in [5.74, 6) is 0.371. The van der Waals surface area contributed by atoms with E-state index in [-0.39, 0.29) is 5.02 Å². The Morgan fingerprint density at radius 2 is 1.94 bits per heavy atom. The second-order valence-electron chi connectivity index (χ2n) is 3.20. The smallest absolute Gasteiger partial charge is 0.382 e. The van der Waals surface area contributed by atoms with Crippen LogP contribution in [0.1, 0.15) is 5.56 Å².